The summed E-state index contributed by atoms with van der Waals surface area (Å²) in [5, 5.41) is 3.34. The first-order valence-electron chi connectivity index (χ1n) is 7.90. The summed E-state index contributed by atoms with van der Waals surface area (Å²) in [7, 11) is 4.12. The smallest absolute Gasteiger partial charge is 0.171 e. The Labute approximate surface area is 131 Å². The van der Waals surface area contributed by atoms with Gasteiger partial charge in [-0.05, 0) is 14.1 Å². The molecule has 7 heteroatoms. The van der Waals surface area contributed by atoms with Crippen molar-refractivity contribution >= 4 is 11.6 Å². The molecule has 0 aliphatic carbocycles. The summed E-state index contributed by atoms with van der Waals surface area (Å²) in [6.07, 6.45) is 3.40. The van der Waals surface area contributed by atoms with Gasteiger partial charge in [-0.15, -0.1) is 0 Å². The molecule has 3 rings (SSSR count). The Bertz CT molecular complexity index is 481. The first-order valence-corrected chi connectivity index (χ1v) is 7.90. The van der Waals surface area contributed by atoms with Crippen molar-refractivity contribution < 1.29 is 9.47 Å². The maximum absolute atomic E-state index is 5.77. The van der Waals surface area contributed by atoms with Gasteiger partial charge >= 0.3 is 0 Å². The normalized spacial score (nSPS) is 20.8. The molecule has 0 bridgehead atoms. The summed E-state index contributed by atoms with van der Waals surface area (Å²) in [6.45, 7) is 5.07. The molecule has 2 fully saturated rings. The monoisotopic (exact) mass is 307 g/mol. The molecule has 122 valence electrons. The third-order valence-corrected chi connectivity index (χ3v) is 4.18. The van der Waals surface area contributed by atoms with E-state index in [4.69, 9.17) is 9.47 Å². The van der Waals surface area contributed by atoms with Crippen LogP contribution in [0, 0.1) is 0 Å². The van der Waals surface area contributed by atoms with E-state index in [1.807, 2.05) is 6.07 Å². The van der Waals surface area contributed by atoms with Gasteiger partial charge in [-0.1, -0.05) is 0 Å². The minimum atomic E-state index is -0.337. The van der Waals surface area contributed by atoms with Gasteiger partial charge in [-0.3, -0.25) is 0 Å². The second kappa shape index (κ2) is 6.76. The summed E-state index contributed by atoms with van der Waals surface area (Å²) in [5.41, 5.74) is 0. The van der Waals surface area contributed by atoms with Crippen LogP contribution in [0.25, 0.3) is 0 Å². The first kappa shape index (κ1) is 15.5. The van der Waals surface area contributed by atoms with Crippen LogP contribution < -0.4 is 10.2 Å². The maximum Gasteiger partial charge on any atom is 0.171 e. The molecule has 7 nitrogen and oxygen atoms in total. The van der Waals surface area contributed by atoms with Crippen molar-refractivity contribution in [3.8, 4) is 0 Å². The molecule has 2 saturated heterocycles. The van der Waals surface area contributed by atoms with Crippen molar-refractivity contribution in [2.24, 2.45) is 0 Å². The maximum atomic E-state index is 5.77. The quantitative estimate of drug-likeness (QED) is 0.863. The summed E-state index contributed by atoms with van der Waals surface area (Å²) < 4.78 is 11.5. The lowest BCUT2D eigenvalue weighted by atomic mass is 10.0. The van der Waals surface area contributed by atoms with E-state index in [1.165, 1.54) is 0 Å². The van der Waals surface area contributed by atoms with Gasteiger partial charge in [0.2, 0.25) is 0 Å². The van der Waals surface area contributed by atoms with Gasteiger partial charge in [0, 0.05) is 45.1 Å². The molecule has 0 atom stereocenters. The lowest BCUT2D eigenvalue weighted by molar-refractivity contribution is -0.169. The Kier molecular flexibility index (Phi) is 4.75. The van der Waals surface area contributed by atoms with E-state index in [9.17, 15) is 0 Å². The standard InChI is InChI=1S/C15H25N5O2/c1-19(2)8-5-16-13-11-14(18-12-17-13)20-6-3-15(4-7-20)21-9-10-22-15/h11-12H,3-10H2,1-2H3,(H,16,17,18). The lowest BCUT2D eigenvalue weighted by Crippen LogP contribution is -2.45. The largest absolute Gasteiger partial charge is 0.369 e. The van der Waals surface area contributed by atoms with Crippen LogP contribution in [0.4, 0.5) is 11.6 Å². The summed E-state index contributed by atoms with van der Waals surface area (Å²) >= 11 is 0. The van der Waals surface area contributed by atoms with E-state index in [-0.39, 0.29) is 5.79 Å². The van der Waals surface area contributed by atoms with Crippen LogP contribution >= 0.6 is 0 Å². The number of ether oxygens (including phenoxy) is 2. The zero-order valence-electron chi connectivity index (χ0n) is 13.4. The van der Waals surface area contributed by atoms with Crippen molar-refractivity contribution in [1.29, 1.82) is 0 Å². The molecule has 1 aromatic heterocycles. The second-order valence-electron chi connectivity index (χ2n) is 6.09. The highest BCUT2D eigenvalue weighted by Gasteiger charge is 2.40. The van der Waals surface area contributed by atoms with Gasteiger partial charge in [-0.2, -0.15) is 0 Å². The molecule has 0 unspecified atom stereocenters. The predicted octanol–water partition coefficient (Wildman–Crippen LogP) is 0.793. The van der Waals surface area contributed by atoms with Crippen LogP contribution in [-0.4, -0.2) is 74.1 Å². The predicted molar refractivity (Wildman–Crippen MR) is 85.2 cm³/mol. The Morgan fingerprint density at radius 1 is 1.23 bits per heavy atom. The fraction of sp³-hybridized carbons (Fsp3) is 0.733. The van der Waals surface area contributed by atoms with Crippen molar-refractivity contribution in [2.75, 3.05) is 63.7 Å². The van der Waals surface area contributed by atoms with Crippen LogP contribution in [0.2, 0.25) is 0 Å². The second-order valence-corrected chi connectivity index (χ2v) is 6.09. The molecule has 2 aliphatic heterocycles. The van der Waals surface area contributed by atoms with Gasteiger partial charge in [0.1, 0.15) is 18.0 Å². The third-order valence-electron chi connectivity index (χ3n) is 4.18. The zero-order chi connectivity index (χ0) is 15.4. The molecule has 1 aromatic rings. The topological polar surface area (TPSA) is 62.8 Å². The SMILES string of the molecule is CN(C)CCNc1cc(N2CCC3(CC2)OCCO3)ncn1. The number of hydrogen-bond donors (Lipinski definition) is 1. The van der Waals surface area contributed by atoms with E-state index in [1.54, 1.807) is 6.33 Å². The molecule has 0 radical (unpaired) electrons. The highest BCUT2D eigenvalue weighted by molar-refractivity contribution is 5.48. The Morgan fingerprint density at radius 3 is 2.64 bits per heavy atom. The number of anilines is 2. The highest BCUT2D eigenvalue weighted by atomic mass is 16.7. The van der Waals surface area contributed by atoms with E-state index in [0.29, 0.717) is 13.2 Å². The van der Waals surface area contributed by atoms with Crippen LogP contribution in [0.3, 0.4) is 0 Å². The summed E-state index contributed by atoms with van der Waals surface area (Å²) in [5.74, 6) is 1.51. The van der Waals surface area contributed by atoms with Gasteiger partial charge in [0.25, 0.3) is 0 Å². The fourth-order valence-electron chi connectivity index (χ4n) is 2.89. The molecular weight excluding hydrogens is 282 g/mol. The highest BCUT2D eigenvalue weighted by Crippen LogP contribution is 2.32. The van der Waals surface area contributed by atoms with E-state index in [2.05, 4.69) is 39.2 Å². The first-order chi connectivity index (χ1) is 10.7. The Morgan fingerprint density at radius 2 is 1.95 bits per heavy atom. The van der Waals surface area contributed by atoms with Crippen molar-refractivity contribution in [3.63, 3.8) is 0 Å². The van der Waals surface area contributed by atoms with Gasteiger partial charge < -0.3 is 24.6 Å². The number of nitrogens with zero attached hydrogens (tertiary/aromatic N) is 4. The molecule has 0 aromatic carbocycles. The minimum absolute atomic E-state index is 0.337. The average molecular weight is 307 g/mol. The number of nitrogens with one attached hydrogen (secondary N) is 1. The van der Waals surface area contributed by atoms with Crippen LogP contribution in [0.5, 0.6) is 0 Å². The van der Waals surface area contributed by atoms with Crippen LogP contribution in [0.1, 0.15) is 12.8 Å². The van der Waals surface area contributed by atoms with Crippen molar-refractivity contribution in [1.82, 2.24) is 14.9 Å². The molecule has 22 heavy (non-hydrogen) atoms. The summed E-state index contributed by atoms with van der Waals surface area (Å²) in [4.78, 5) is 13.1. The molecule has 1 spiro atoms. The van der Waals surface area contributed by atoms with Gasteiger partial charge in [0.15, 0.2) is 5.79 Å². The molecule has 1 N–H and O–H groups in total. The van der Waals surface area contributed by atoms with Gasteiger partial charge in [0.05, 0.1) is 13.2 Å². The number of piperidine rings is 1. The molecular formula is C15H25N5O2. The summed E-state index contributed by atoms with van der Waals surface area (Å²) in [6, 6.07) is 2.02. The third kappa shape index (κ3) is 3.66. The van der Waals surface area contributed by atoms with E-state index < -0.39 is 0 Å². The van der Waals surface area contributed by atoms with Crippen molar-refractivity contribution in [2.45, 2.75) is 18.6 Å². The fourth-order valence-corrected chi connectivity index (χ4v) is 2.89. The average Bonchev–Trinajstić information content (AvgIpc) is 2.96. The number of hydrogen-bond acceptors (Lipinski definition) is 7. The number of aromatic nitrogens is 2. The number of rotatable bonds is 5. The Balaban J connectivity index is 1.56. The Hall–Kier alpha value is -1.44. The molecule has 0 amide bonds. The lowest BCUT2D eigenvalue weighted by Gasteiger charge is -2.38. The van der Waals surface area contributed by atoms with E-state index >= 15 is 0 Å². The minimum Gasteiger partial charge on any atom is -0.369 e. The number of likely N-dealkylation sites (N-methyl/N-ethyl adjacent to an activating group) is 1. The van der Waals surface area contributed by atoms with E-state index in [0.717, 1.165) is 50.7 Å². The van der Waals surface area contributed by atoms with Crippen molar-refractivity contribution in [3.05, 3.63) is 12.4 Å². The molecule has 3 heterocycles. The molecule has 0 saturated carbocycles. The van der Waals surface area contributed by atoms with Crippen LogP contribution in [-0.2, 0) is 9.47 Å². The van der Waals surface area contributed by atoms with Gasteiger partial charge in [-0.25, -0.2) is 9.97 Å². The molecule has 2 aliphatic rings. The zero-order valence-corrected chi connectivity index (χ0v) is 13.4. The van der Waals surface area contributed by atoms with Crippen LogP contribution in [0.15, 0.2) is 12.4 Å².